The third-order valence-corrected chi connectivity index (χ3v) is 4.80. The minimum Gasteiger partial charge on any atom is -0.496 e. The Kier molecular flexibility index (Phi) is 8.06. The topological polar surface area (TPSA) is 69.2 Å². The van der Waals surface area contributed by atoms with Crippen LogP contribution >= 0.6 is 15.9 Å². The maximum absolute atomic E-state index is 12.5. The molecule has 0 fully saturated rings. The van der Waals surface area contributed by atoms with E-state index in [1.54, 1.807) is 25.3 Å². The van der Waals surface area contributed by atoms with Gasteiger partial charge >= 0.3 is 0 Å². The molecule has 6 nitrogen and oxygen atoms in total. The van der Waals surface area contributed by atoms with Crippen LogP contribution in [0.25, 0.3) is 0 Å². The van der Waals surface area contributed by atoms with Crippen LogP contribution in [0.15, 0.2) is 76.3 Å². The third kappa shape index (κ3) is 6.33. The number of methoxy groups -OCH3 is 1. The van der Waals surface area contributed by atoms with E-state index in [1.807, 2.05) is 55.5 Å². The van der Waals surface area contributed by atoms with Gasteiger partial charge in [0.25, 0.3) is 5.91 Å². The van der Waals surface area contributed by atoms with Gasteiger partial charge in [-0.05, 0) is 48.9 Å². The summed E-state index contributed by atoms with van der Waals surface area (Å²) in [6.45, 7) is 2.74. The summed E-state index contributed by atoms with van der Waals surface area (Å²) in [5, 5.41) is 4.04. The van der Waals surface area contributed by atoms with Crippen LogP contribution in [0.4, 0.5) is 0 Å². The molecule has 3 aromatic carbocycles. The van der Waals surface area contributed by atoms with Crippen molar-refractivity contribution in [3.8, 4) is 17.2 Å². The van der Waals surface area contributed by atoms with Gasteiger partial charge in [0, 0.05) is 15.6 Å². The van der Waals surface area contributed by atoms with Crippen LogP contribution < -0.4 is 19.6 Å². The summed E-state index contributed by atoms with van der Waals surface area (Å²) < 4.78 is 17.7. The Morgan fingerprint density at radius 2 is 1.77 bits per heavy atom. The maximum Gasteiger partial charge on any atom is 0.271 e. The number of halogens is 1. The molecule has 0 saturated carbocycles. The highest BCUT2D eigenvalue weighted by atomic mass is 79.9. The fraction of sp³-hybridized carbons (Fsp3) is 0.167. The van der Waals surface area contributed by atoms with Gasteiger partial charge in [0.15, 0.2) is 11.5 Å². The molecule has 31 heavy (non-hydrogen) atoms. The fourth-order valence-electron chi connectivity index (χ4n) is 2.80. The van der Waals surface area contributed by atoms with Gasteiger partial charge in [-0.15, -0.1) is 0 Å². The van der Waals surface area contributed by atoms with Crippen LogP contribution in [0, 0.1) is 0 Å². The molecule has 1 N–H and O–H groups in total. The summed E-state index contributed by atoms with van der Waals surface area (Å²) in [6, 6.07) is 20.4. The van der Waals surface area contributed by atoms with Crippen LogP contribution in [-0.4, -0.2) is 25.8 Å². The number of hydrogen-bond donors (Lipinski definition) is 1. The lowest BCUT2D eigenvalue weighted by atomic mass is 10.2. The number of hydrazone groups is 1. The highest BCUT2D eigenvalue weighted by molar-refractivity contribution is 9.10. The molecule has 7 heteroatoms. The second kappa shape index (κ2) is 11.2. The zero-order valence-corrected chi connectivity index (χ0v) is 18.9. The van der Waals surface area contributed by atoms with E-state index in [0.717, 1.165) is 15.6 Å². The monoisotopic (exact) mass is 482 g/mol. The highest BCUT2D eigenvalue weighted by Gasteiger charge is 2.12. The van der Waals surface area contributed by atoms with Gasteiger partial charge in [0.05, 0.1) is 19.9 Å². The first-order valence-electron chi connectivity index (χ1n) is 9.71. The van der Waals surface area contributed by atoms with E-state index < -0.39 is 0 Å². The first kappa shape index (κ1) is 22.4. The quantitative estimate of drug-likeness (QED) is 0.336. The second-order valence-electron chi connectivity index (χ2n) is 6.45. The summed E-state index contributed by atoms with van der Waals surface area (Å²) in [5.74, 6) is 1.37. The van der Waals surface area contributed by atoms with Crippen LogP contribution in [0.2, 0.25) is 0 Å². The number of nitrogens with zero attached hydrogens (tertiary/aromatic N) is 1. The van der Waals surface area contributed by atoms with Crippen LogP contribution in [0.3, 0.4) is 0 Å². The molecule has 0 unspecified atom stereocenters. The average Bonchev–Trinajstić information content (AvgIpc) is 2.79. The second-order valence-corrected chi connectivity index (χ2v) is 7.37. The van der Waals surface area contributed by atoms with Gasteiger partial charge in [-0.3, -0.25) is 4.79 Å². The summed E-state index contributed by atoms with van der Waals surface area (Å²) >= 11 is 3.41. The van der Waals surface area contributed by atoms with E-state index in [0.29, 0.717) is 36.0 Å². The van der Waals surface area contributed by atoms with E-state index in [2.05, 4.69) is 26.5 Å². The van der Waals surface area contributed by atoms with Crippen molar-refractivity contribution in [2.45, 2.75) is 13.5 Å². The molecule has 160 valence electrons. The van der Waals surface area contributed by atoms with E-state index in [9.17, 15) is 4.79 Å². The molecule has 0 aliphatic rings. The molecule has 1 amide bonds. The zero-order valence-electron chi connectivity index (χ0n) is 17.3. The molecule has 0 aliphatic carbocycles. The minimum absolute atomic E-state index is 0.360. The lowest BCUT2D eigenvalue weighted by molar-refractivity contribution is 0.0954. The Morgan fingerprint density at radius 3 is 2.52 bits per heavy atom. The molecule has 0 spiro atoms. The molecular formula is C24H23BrN2O4. The maximum atomic E-state index is 12.5. The predicted molar refractivity (Wildman–Crippen MR) is 124 cm³/mol. The molecular weight excluding hydrogens is 460 g/mol. The Labute approximate surface area is 190 Å². The van der Waals surface area contributed by atoms with Gasteiger partial charge in [-0.1, -0.05) is 46.3 Å². The summed E-state index contributed by atoms with van der Waals surface area (Å²) in [5.41, 5.74) is 4.72. The summed E-state index contributed by atoms with van der Waals surface area (Å²) in [4.78, 5) is 12.5. The lowest BCUT2D eigenvalue weighted by Gasteiger charge is -2.13. The molecule has 0 heterocycles. The Hall–Kier alpha value is -3.32. The van der Waals surface area contributed by atoms with Crippen LogP contribution in [-0.2, 0) is 6.61 Å². The lowest BCUT2D eigenvalue weighted by Crippen LogP contribution is -2.18. The normalized spacial score (nSPS) is 10.7. The van der Waals surface area contributed by atoms with Crippen LogP contribution in [0.5, 0.6) is 17.2 Å². The van der Waals surface area contributed by atoms with Crippen molar-refractivity contribution in [3.63, 3.8) is 0 Å². The molecule has 0 radical (unpaired) electrons. The van der Waals surface area contributed by atoms with Gasteiger partial charge in [-0.25, -0.2) is 5.43 Å². The smallest absolute Gasteiger partial charge is 0.271 e. The van der Waals surface area contributed by atoms with Crippen molar-refractivity contribution in [2.75, 3.05) is 13.7 Å². The first-order valence-corrected chi connectivity index (χ1v) is 10.5. The van der Waals surface area contributed by atoms with Crippen molar-refractivity contribution in [3.05, 3.63) is 87.9 Å². The minimum atomic E-state index is -0.360. The molecule has 0 aliphatic heterocycles. The van der Waals surface area contributed by atoms with Gasteiger partial charge in [-0.2, -0.15) is 5.10 Å². The van der Waals surface area contributed by atoms with Gasteiger partial charge in [0.2, 0.25) is 0 Å². The van der Waals surface area contributed by atoms with Crippen molar-refractivity contribution in [1.82, 2.24) is 5.43 Å². The molecule has 0 atom stereocenters. The van der Waals surface area contributed by atoms with Crippen LogP contribution in [0.1, 0.15) is 28.4 Å². The zero-order chi connectivity index (χ0) is 22.1. The molecule has 3 rings (SSSR count). The van der Waals surface area contributed by atoms with Crippen molar-refractivity contribution >= 4 is 28.1 Å². The standard InChI is InChI=1S/C24H23BrN2O4/c1-3-30-23-14-18(9-11-22(23)31-16-17-7-5-4-6-8-17)24(28)27-26-15-19-13-20(25)10-12-21(19)29-2/h4-15H,3,16H2,1-2H3,(H,27,28)/b26-15+. The van der Waals surface area contributed by atoms with E-state index >= 15 is 0 Å². The first-order chi connectivity index (χ1) is 15.1. The number of ether oxygens (including phenoxy) is 3. The number of carbonyl (C=O) groups is 1. The van der Waals surface area contributed by atoms with E-state index in [1.165, 1.54) is 6.21 Å². The number of nitrogens with one attached hydrogen (secondary N) is 1. The van der Waals surface area contributed by atoms with Crippen molar-refractivity contribution in [2.24, 2.45) is 5.10 Å². The number of carbonyl (C=O) groups excluding carboxylic acids is 1. The molecule has 3 aromatic rings. The number of hydrogen-bond acceptors (Lipinski definition) is 5. The van der Waals surface area contributed by atoms with Crippen molar-refractivity contribution in [1.29, 1.82) is 0 Å². The number of rotatable bonds is 9. The Morgan fingerprint density at radius 1 is 1.00 bits per heavy atom. The summed E-state index contributed by atoms with van der Waals surface area (Å²) in [6.07, 6.45) is 1.53. The number of amides is 1. The van der Waals surface area contributed by atoms with E-state index in [-0.39, 0.29) is 5.91 Å². The average molecular weight is 483 g/mol. The van der Waals surface area contributed by atoms with E-state index in [4.69, 9.17) is 14.2 Å². The molecule has 0 saturated heterocycles. The van der Waals surface area contributed by atoms with Gasteiger partial charge < -0.3 is 14.2 Å². The molecule has 0 bridgehead atoms. The third-order valence-electron chi connectivity index (χ3n) is 4.30. The Balaban J connectivity index is 1.69. The Bertz CT molecular complexity index is 1050. The SMILES string of the molecule is CCOc1cc(C(=O)N/N=C/c2cc(Br)ccc2OC)ccc1OCc1ccccc1. The predicted octanol–water partition coefficient (Wildman–Crippen LogP) is 5.20. The van der Waals surface area contributed by atoms with Gasteiger partial charge in [0.1, 0.15) is 12.4 Å². The fourth-order valence-corrected chi connectivity index (χ4v) is 3.18. The molecule has 0 aromatic heterocycles. The highest BCUT2D eigenvalue weighted by Crippen LogP contribution is 2.29. The number of benzene rings is 3. The van der Waals surface area contributed by atoms with Crippen molar-refractivity contribution < 1.29 is 19.0 Å². The largest absolute Gasteiger partial charge is 0.496 e. The summed E-state index contributed by atoms with van der Waals surface area (Å²) in [7, 11) is 1.58.